The number of pyridine rings is 1. The summed E-state index contributed by atoms with van der Waals surface area (Å²) in [4.78, 5) is 37.3. The summed E-state index contributed by atoms with van der Waals surface area (Å²) in [5, 5.41) is 13.1. The number of halogens is 1. The number of carbonyl (C=O) groups is 2. The van der Waals surface area contributed by atoms with Crippen molar-refractivity contribution in [2.45, 2.75) is 53.6 Å². The highest BCUT2D eigenvalue weighted by atomic mass is 19.1. The molecule has 1 heterocycles. The van der Waals surface area contributed by atoms with Crippen molar-refractivity contribution in [3.8, 4) is 11.1 Å². The molecule has 0 spiro atoms. The van der Waals surface area contributed by atoms with Gasteiger partial charge in [0, 0.05) is 23.1 Å². The summed E-state index contributed by atoms with van der Waals surface area (Å²) in [5.41, 5.74) is 6.04. The van der Waals surface area contributed by atoms with Gasteiger partial charge < -0.3 is 20.7 Å². The highest BCUT2D eigenvalue weighted by molar-refractivity contribution is 5.98. The normalized spacial score (nSPS) is 12.7. The van der Waals surface area contributed by atoms with E-state index in [2.05, 4.69) is 5.32 Å². The second kappa shape index (κ2) is 9.90. The maximum Gasteiger partial charge on any atom is 0.405 e. The van der Waals surface area contributed by atoms with E-state index in [-0.39, 0.29) is 23.5 Å². The Bertz CT molecular complexity index is 1340. The number of nitrogens with zero attached hydrogens (tertiary/aromatic N) is 1. The van der Waals surface area contributed by atoms with E-state index in [1.807, 2.05) is 34.6 Å². The lowest BCUT2D eigenvalue weighted by Crippen LogP contribution is -2.41. The molecule has 0 bridgehead atoms. The lowest BCUT2D eigenvalue weighted by atomic mass is 9.80. The molecule has 4 N–H and O–H groups in total. The van der Waals surface area contributed by atoms with Crippen LogP contribution in [-0.2, 0) is 17.8 Å². The molecule has 3 rings (SSSR count). The standard InChI is InChI=1S/C27H32FN3O4/c1-15(2)14-31-23(24(27(3,4)5)30-26(34)35)22(18-8-6-7-9-20(18)28)19-12-16(13-21(29)32)10-11-17(19)25(31)33/h6-12,15,24,30H,13-14H2,1-5H3,(H2,29,32)(H,34,35). The Morgan fingerprint density at radius 1 is 1.11 bits per heavy atom. The van der Waals surface area contributed by atoms with Gasteiger partial charge in [-0.2, -0.15) is 0 Å². The molecule has 1 aromatic heterocycles. The number of nitrogens with one attached hydrogen (secondary N) is 1. The van der Waals surface area contributed by atoms with Crippen molar-refractivity contribution in [1.82, 2.24) is 9.88 Å². The van der Waals surface area contributed by atoms with Crippen LogP contribution in [0.3, 0.4) is 0 Å². The monoisotopic (exact) mass is 481 g/mol. The van der Waals surface area contributed by atoms with Gasteiger partial charge in [-0.1, -0.05) is 58.9 Å². The lowest BCUT2D eigenvalue weighted by molar-refractivity contribution is -0.117. The highest BCUT2D eigenvalue weighted by Crippen LogP contribution is 2.42. The molecule has 35 heavy (non-hydrogen) atoms. The topological polar surface area (TPSA) is 114 Å². The minimum Gasteiger partial charge on any atom is -0.465 e. The van der Waals surface area contributed by atoms with Gasteiger partial charge in [-0.05, 0) is 40.5 Å². The zero-order valence-electron chi connectivity index (χ0n) is 20.7. The molecule has 0 radical (unpaired) electrons. The fraction of sp³-hybridized carbons (Fsp3) is 0.370. The Labute approximate surface area is 203 Å². The molecule has 0 aliphatic heterocycles. The summed E-state index contributed by atoms with van der Waals surface area (Å²) >= 11 is 0. The van der Waals surface area contributed by atoms with E-state index >= 15 is 4.39 Å². The van der Waals surface area contributed by atoms with Gasteiger partial charge in [0.05, 0.1) is 18.2 Å². The van der Waals surface area contributed by atoms with Crippen molar-refractivity contribution >= 4 is 22.8 Å². The average Bonchev–Trinajstić information content (AvgIpc) is 2.73. The Balaban J connectivity index is 2.61. The Morgan fingerprint density at radius 2 is 1.77 bits per heavy atom. The highest BCUT2D eigenvalue weighted by Gasteiger charge is 2.35. The van der Waals surface area contributed by atoms with Crippen LogP contribution in [0.2, 0.25) is 0 Å². The van der Waals surface area contributed by atoms with Gasteiger partial charge in [-0.3, -0.25) is 9.59 Å². The van der Waals surface area contributed by atoms with E-state index in [9.17, 15) is 19.5 Å². The molecule has 0 saturated carbocycles. The van der Waals surface area contributed by atoms with Crippen molar-refractivity contribution in [1.29, 1.82) is 0 Å². The zero-order chi connectivity index (χ0) is 26.1. The fourth-order valence-electron chi connectivity index (χ4n) is 4.44. The van der Waals surface area contributed by atoms with Crippen LogP contribution in [0, 0.1) is 17.2 Å². The smallest absolute Gasteiger partial charge is 0.405 e. The molecule has 7 nitrogen and oxygen atoms in total. The number of benzene rings is 2. The summed E-state index contributed by atoms with van der Waals surface area (Å²) in [6.45, 7) is 9.79. The third kappa shape index (κ3) is 5.53. The molecule has 0 aliphatic rings. The Kier molecular flexibility index (Phi) is 7.33. The second-order valence-corrected chi connectivity index (χ2v) is 10.3. The van der Waals surface area contributed by atoms with Crippen LogP contribution >= 0.6 is 0 Å². The SMILES string of the molecule is CC(C)Cn1c(C(NC(=O)O)C(C)(C)C)c(-c2ccccc2F)c2cc(CC(N)=O)ccc2c1=O. The first-order valence-electron chi connectivity index (χ1n) is 11.5. The van der Waals surface area contributed by atoms with Gasteiger partial charge in [-0.15, -0.1) is 0 Å². The quantitative estimate of drug-likeness (QED) is 0.448. The number of nitrogens with two attached hydrogens (primary N) is 1. The van der Waals surface area contributed by atoms with E-state index in [4.69, 9.17) is 5.73 Å². The molecule has 1 atom stereocenters. The maximum absolute atomic E-state index is 15.3. The first-order chi connectivity index (χ1) is 16.3. The van der Waals surface area contributed by atoms with Crippen molar-refractivity contribution in [2.24, 2.45) is 17.1 Å². The van der Waals surface area contributed by atoms with E-state index in [0.29, 0.717) is 34.1 Å². The number of aromatic nitrogens is 1. The van der Waals surface area contributed by atoms with Gasteiger partial charge in [0.1, 0.15) is 5.82 Å². The molecule has 2 amide bonds. The summed E-state index contributed by atoms with van der Waals surface area (Å²) in [5.74, 6) is -0.990. The number of amides is 2. The van der Waals surface area contributed by atoms with Crippen LogP contribution < -0.4 is 16.6 Å². The van der Waals surface area contributed by atoms with Gasteiger partial charge in [0.15, 0.2) is 0 Å². The third-order valence-corrected chi connectivity index (χ3v) is 5.85. The van der Waals surface area contributed by atoms with E-state index in [0.717, 1.165) is 0 Å². The molecular formula is C27H32FN3O4. The van der Waals surface area contributed by atoms with Crippen molar-refractivity contribution < 1.29 is 19.1 Å². The molecule has 0 aliphatic carbocycles. The van der Waals surface area contributed by atoms with Crippen LogP contribution in [0.15, 0.2) is 47.3 Å². The van der Waals surface area contributed by atoms with Crippen LogP contribution in [0.25, 0.3) is 21.9 Å². The van der Waals surface area contributed by atoms with Crippen molar-refractivity contribution in [2.75, 3.05) is 0 Å². The summed E-state index contributed by atoms with van der Waals surface area (Å²) in [6, 6.07) is 10.3. The predicted molar refractivity (Wildman–Crippen MR) is 135 cm³/mol. The number of hydrogen-bond acceptors (Lipinski definition) is 3. The van der Waals surface area contributed by atoms with Crippen molar-refractivity contribution in [3.05, 3.63) is 69.9 Å². The number of rotatable bonds is 7. The number of primary amides is 1. The summed E-state index contributed by atoms with van der Waals surface area (Å²) in [7, 11) is 0. The van der Waals surface area contributed by atoms with E-state index < -0.39 is 29.3 Å². The molecule has 0 saturated heterocycles. The minimum atomic E-state index is -1.25. The molecule has 2 aromatic carbocycles. The molecule has 1 unspecified atom stereocenters. The van der Waals surface area contributed by atoms with Crippen LogP contribution in [0.4, 0.5) is 9.18 Å². The van der Waals surface area contributed by atoms with Gasteiger partial charge >= 0.3 is 6.09 Å². The molecule has 3 aromatic rings. The molecule has 8 heteroatoms. The van der Waals surface area contributed by atoms with Crippen molar-refractivity contribution in [3.63, 3.8) is 0 Å². The van der Waals surface area contributed by atoms with Crippen LogP contribution in [-0.4, -0.2) is 21.7 Å². The van der Waals surface area contributed by atoms with Crippen LogP contribution in [0.5, 0.6) is 0 Å². The first kappa shape index (κ1) is 25.9. The Hall–Kier alpha value is -3.68. The Morgan fingerprint density at radius 3 is 2.31 bits per heavy atom. The summed E-state index contributed by atoms with van der Waals surface area (Å²) in [6.07, 6.45) is -1.30. The van der Waals surface area contributed by atoms with Crippen LogP contribution in [0.1, 0.15) is 51.9 Å². The number of carbonyl (C=O) groups excluding carboxylic acids is 1. The third-order valence-electron chi connectivity index (χ3n) is 5.85. The predicted octanol–water partition coefficient (Wildman–Crippen LogP) is 4.85. The van der Waals surface area contributed by atoms with E-state index in [1.165, 1.54) is 6.07 Å². The number of carboxylic acid groups (broad SMARTS) is 1. The van der Waals surface area contributed by atoms with Gasteiger partial charge in [0.2, 0.25) is 5.91 Å². The molecule has 0 fully saturated rings. The molecular weight excluding hydrogens is 449 g/mol. The summed E-state index contributed by atoms with van der Waals surface area (Å²) < 4.78 is 16.9. The number of fused-ring (bicyclic) bond motifs is 1. The zero-order valence-corrected chi connectivity index (χ0v) is 20.7. The maximum atomic E-state index is 15.3. The number of hydrogen-bond donors (Lipinski definition) is 3. The largest absolute Gasteiger partial charge is 0.465 e. The van der Waals surface area contributed by atoms with Gasteiger partial charge in [-0.25, -0.2) is 9.18 Å². The lowest BCUT2D eigenvalue weighted by Gasteiger charge is -2.35. The minimum absolute atomic E-state index is 0.0485. The fourth-order valence-corrected chi connectivity index (χ4v) is 4.44. The second-order valence-electron chi connectivity index (χ2n) is 10.3. The van der Waals surface area contributed by atoms with E-state index in [1.54, 1.807) is 41.0 Å². The average molecular weight is 482 g/mol. The van der Waals surface area contributed by atoms with Gasteiger partial charge in [0.25, 0.3) is 5.56 Å². The molecule has 186 valence electrons. The first-order valence-corrected chi connectivity index (χ1v) is 11.5.